The number of halogens is 7. The Hall–Kier alpha value is -2.83. The predicted molar refractivity (Wildman–Crippen MR) is 116 cm³/mol. The first-order valence-electron chi connectivity index (χ1n) is 11.3. The minimum Gasteiger partial charge on any atom is -0.207 e. The largest absolute Gasteiger partial charge is 0.207 e. The molecule has 34 heavy (non-hydrogen) atoms. The molecule has 3 aromatic rings. The van der Waals surface area contributed by atoms with Gasteiger partial charge >= 0.3 is 0 Å². The third kappa shape index (κ3) is 4.44. The standard InChI is InChI=1S/C27H23F7/c1-2-3-4-5-14-6-8-17(20(28)10-14)15-7-9-18-19(11-15)25(32)27(34)23(24(18)31)16-12-21(29)26(33)22(30)13-16/h6,8,10,12-13,15H,2-5,7,9,11H2,1H3. The number of hydrogen-bond acceptors (Lipinski definition) is 0. The zero-order chi connectivity index (χ0) is 24.6. The van der Waals surface area contributed by atoms with E-state index in [1.165, 1.54) is 6.07 Å². The SMILES string of the molecule is CCCCCc1ccc(C2CCc3c(F)c(-c4cc(F)c(F)c(F)c4)c(F)c(F)c3C2)c(F)c1. The van der Waals surface area contributed by atoms with Gasteiger partial charge in [-0.3, -0.25) is 0 Å². The van der Waals surface area contributed by atoms with Gasteiger partial charge < -0.3 is 0 Å². The van der Waals surface area contributed by atoms with Gasteiger partial charge in [-0.1, -0.05) is 31.9 Å². The number of hydrogen-bond donors (Lipinski definition) is 0. The van der Waals surface area contributed by atoms with E-state index in [0.717, 1.165) is 31.2 Å². The van der Waals surface area contributed by atoms with E-state index in [0.29, 0.717) is 17.7 Å². The van der Waals surface area contributed by atoms with Gasteiger partial charge in [-0.05, 0) is 84.0 Å². The molecule has 1 atom stereocenters. The Balaban J connectivity index is 1.67. The highest BCUT2D eigenvalue weighted by atomic mass is 19.2. The van der Waals surface area contributed by atoms with E-state index in [-0.39, 0.29) is 30.4 Å². The van der Waals surface area contributed by atoms with Gasteiger partial charge in [0, 0.05) is 0 Å². The van der Waals surface area contributed by atoms with Crippen molar-refractivity contribution in [2.45, 2.75) is 57.8 Å². The molecule has 0 saturated carbocycles. The lowest BCUT2D eigenvalue weighted by molar-refractivity contribution is 0.444. The summed E-state index contributed by atoms with van der Waals surface area (Å²) in [5, 5.41) is 0. The fourth-order valence-corrected chi connectivity index (χ4v) is 4.75. The molecule has 0 fully saturated rings. The molecule has 1 aliphatic carbocycles. The van der Waals surface area contributed by atoms with Crippen molar-refractivity contribution in [1.82, 2.24) is 0 Å². The van der Waals surface area contributed by atoms with Gasteiger partial charge in [-0.25, -0.2) is 30.7 Å². The highest BCUT2D eigenvalue weighted by Crippen LogP contribution is 2.41. The van der Waals surface area contributed by atoms with Gasteiger partial charge in [0.2, 0.25) is 0 Å². The molecule has 0 N–H and O–H groups in total. The monoisotopic (exact) mass is 480 g/mol. The molecule has 4 rings (SSSR count). The van der Waals surface area contributed by atoms with Crippen molar-refractivity contribution in [2.75, 3.05) is 0 Å². The van der Waals surface area contributed by atoms with Crippen LogP contribution >= 0.6 is 0 Å². The Labute approximate surface area is 193 Å². The molecule has 180 valence electrons. The van der Waals surface area contributed by atoms with Gasteiger partial charge in [0.1, 0.15) is 11.6 Å². The molecular formula is C27H23F7. The Morgan fingerprint density at radius 1 is 0.735 bits per heavy atom. The maximum Gasteiger partial charge on any atom is 0.194 e. The van der Waals surface area contributed by atoms with Crippen LogP contribution in [0.3, 0.4) is 0 Å². The van der Waals surface area contributed by atoms with Gasteiger partial charge in [-0.2, -0.15) is 0 Å². The van der Waals surface area contributed by atoms with Crippen molar-refractivity contribution in [3.05, 3.63) is 93.3 Å². The minimum absolute atomic E-state index is 0.0140. The van der Waals surface area contributed by atoms with Crippen LogP contribution < -0.4 is 0 Å². The van der Waals surface area contributed by atoms with Crippen LogP contribution in [0.25, 0.3) is 11.1 Å². The van der Waals surface area contributed by atoms with Crippen LogP contribution in [0.15, 0.2) is 30.3 Å². The van der Waals surface area contributed by atoms with E-state index in [4.69, 9.17) is 0 Å². The zero-order valence-corrected chi connectivity index (χ0v) is 18.6. The molecule has 0 spiro atoms. The summed E-state index contributed by atoms with van der Waals surface area (Å²) in [6.45, 7) is 2.08. The van der Waals surface area contributed by atoms with Crippen molar-refractivity contribution >= 4 is 0 Å². The van der Waals surface area contributed by atoms with Gasteiger partial charge in [0.05, 0.1) is 5.56 Å². The molecule has 7 heteroatoms. The molecule has 1 unspecified atom stereocenters. The van der Waals surface area contributed by atoms with Crippen LogP contribution in [0.4, 0.5) is 30.7 Å². The van der Waals surface area contributed by atoms with Gasteiger partial charge in [0.25, 0.3) is 0 Å². The fourth-order valence-electron chi connectivity index (χ4n) is 4.75. The number of benzene rings is 3. The summed E-state index contributed by atoms with van der Waals surface area (Å²) in [6.07, 6.45) is 3.93. The molecule has 0 aromatic heterocycles. The summed E-state index contributed by atoms with van der Waals surface area (Å²) < 4.78 is 101. The zero-order valence-electron chi connectivity index (χ0n) is 18.6. The quantitative estimate of drug-likeness (QED) is 0.144. The van der Waals surface area contributed by atoms with Gasteiger partial charge in [0.15, 0.2) is 29.1 Å². The van der Waals surface area contributed by atoms with E-state index in [2.05, 4.69) is 6.92 Å². The first kappa shape index (κ1) is 24.3. The lowest BCUT2D eigenvalue weighted by Crippen LogP contribution is -2.19. The van der Waals surface area contributed by atoms with E-state index < -0.39 is 57.8 Å². The maximum atomic E-state index is 15.2. The Kier molecular flexibility index (Phi) is 7.01. The fraction of sp³-hybridized carbons (Fsp3) is 0.333. The lowest BCUT2D eigenvalue weighted by Gasteiger charge is -2.27. The van der Waals surface area contributed by atoms with Crippen LogP contribution in [0.2, 0.25) is 0 Å². The number of unbranched alkanes of at least 4 members (excludes halogenated alkanes) is 2. The van der Waals surface area contributed by atoms with Crippen molar-refractivity contribution in [3.8, 4) is 11.1 Å². The normalized spacial score (nSPS) is 15.5. The molecule has 0 bridgehead atoms. The van der Waals surface area contributed by atoms with E-state index in [1.807, 2.05) is 6.07 Å². The van der Waals surface area contributed by atoms with Crippen molar-refractivity contribution < 1.29 is 30.7 Å². The lowest BCUT2D eigenvalue weighted by atomic mass is 9.78. The van der Waals surface area contributed by atoms with Crippen LogP contribution in [0, 0.1) is 40.7 Å². The minimum atomic E-state index is -1.79. The summed E-state index contributed by atoms with van der Waals surface area (Å²) in [6, 6.07) is 5.78. The average Bonchev–Trinajstić information content (AvgIpc) is 2.81. The van der Waals surface area contributed by atoms with Crippen LogP contribution in [-0.4, -0.2) is 0 Å². The molecule has 0 nitrogen and oxygen atoms in total. The van der Waals surface area contributed by atoms with Gasteiger partial charge in [-0.15, -0.1) is 0 Å². The Morgan fingerprint density at radius 2 is 1.44 bits per heavy atom. The Morgan fingerprint density at radius 3 is 2.09 bits per heavy atom. The summed E-state index contributed by atoms with van der Waals surface area (Å²) in [5.41, 5.74) is -0.708. The van der Waals surface area contributed by atoms with E-state index in [1.54, 1.807) is 6.07 Å². The van der Waals surface area contributed by atoms with Crippen LogP contribution in [-0.2, 0) is 19.3 Å². The summed E-state index contributed by atoms with van der Waals surface area (Å²) in [4.78, 5) is 0. The van der Waals surface area contributed by atoms with Crippen LogP contribution in [0.1, 0.15) is 60.8 Å². The molecule has 0 saturated heterocycles. The third-order valence-electron chi connectivity index (χ3n) is 6.57. The predicted octanol–water partition coefficient (Wildman–Crippen LogP) is 8.33. The molecule has 0 aliphatic heterocycles. The summed E-state index contributed by atoms with van der Waals surface area (Å²) in [5.74, 6) is -10.1. The number of rotatable bonds is 6. The second kappa shape index (κ2) is 9.80. The van der Waals surface area contributed by atoms with Crippen molar-refractivity contribution in [1.29, 1.82) is 0 Å². The van der Waals surface area contributed by atoms with Crippen molar-refractivity contribution in [3.63, 3.8) is 0 Å². The molecular weight excluding hydrogens is 457 g/mol. The number of fused-ring (bicyclic) bond motifs is 1. The molecule has 0 radical (unpaired) electrons. The highest BCUT2D eigenvalue weighted by Gasteiger charge is 2.32. The van der Waals surface area contributed by atoms with Crippen molar-refractivity contribution in [2.24, 2.45) is 0 Å². The summed E-state index contributed by atoms with van der Waals surface area (Å²) in [7, 11) is 0. The van der Waals surface area contributed by atoms with Crippen LogP contribution in [0.5, 0.6) is 0 Å². The summed E-state index contributed by atoms with van der Waals surface area (Å²) >= 11 is 0. The first-order chi connectivity index (χ1) is 16.2. The van der Waals surface area contributed by atoms with E-state index >= 15 is 8.78 Å². The maximum absolute atomic E-state index is 15.2. The second-order valence-corrected chi connectivity index (χ2v) is 8.78. The third-order valence-corrected chi connectivity index (χ3v) is 6.57. The molecule has 0 heterocycles. The number of aryl methyl sites for hydroxylation is 1. The Bertz CT molecular complexity index is 1210. The molecule has 0 amide bonds. The highest BCUT2D eigenvalue weighted by molar-refractivity contribution is 5.67. The molecule has 1 aliphatic rings. The average molecular weight is 480 g/mol. The second-order valence-electron chi connectivity index (χ2n) is 8.78. The topological polar surface area (TPSA) is 0 Å². The molecule has 3 aromatic carbocycles. The van der Waals surface area contributed by atoms with E-state index in [9.17, 15) is 22.0 Å². The first-order valence-corrected chi connectivity index (χ1v) is 11.3. The smallest absolute Gasteiger partial charge is 0.194 e.